The van der Waals surface area contributed by atoms with Crippen molar-refractivity contribution in [3.05, 3.63) is 29.4 Å². The molecular formula is C19H19F2N5O3S. The molecule has 11 heteroatoms. The van der Waals surface area contributed by atoms with Crippen molar-refractivity contribution in [2.45, 2.75) is 32.0 Å². The first-order valence-electron chi connectivity index (χ1n) is 9.24. The van der Waals surface area contributed by atoms with Gasteiger partial charge < -0.3 is 25.3 Å². The number of aromatic nitrogens is 2. The predicted molar refractivity (Wildman–Crippen MR) is 109 cm³/mol. The van der Waals surface area contributed by atoms with Crippen molar-refractivity contribution in [3.8, 4) is 17.1 Å². The van der Waals surface area contributed by atoms with Gasteiger partial charge in [0.05, 0.1) is 12.1 Å². The zero-order chi connectivity index (χ0) is 21.4. The third kappa shape index (κ3) is 3.61. The number of amides is 1. The predicted octanol–water partition coefficient (Wildman–Crippen LogP) is 2.09. The lowest BCUT2D eigenvalue weighted by atomic mass is 10.1. The summed E-state index contributed by atoms with van der Waals surface area (Å²) < 4.78 is 34.6. The number of fused-ring (bicyclic) bond motifs is 3. The molecule has 0 unspecified atom stereocenters. The minimum absolute atomic E-state index is 0.0945. The molecular weight excluding hydrogens is 416 g/mol. The molecule has 8 nitrogen and oxygen atoms in total. The summed E-state index contributed by atoms with van der Waals surface area (Å²) in [6.45, 7) is 2.45. The number of ether oxygens (including phenoxy) is 1. The van der Waals surface area contributed by atoms with Crippen LogP contribution in [0.5, 0.6) is 5.75 Å². The number of carbonyl (C=O) groups is 1. The maximum Gasteiger partial charge on any atom is 0.259 e. The Morgan fingerprint density at radius 3 is 2.97 bits per heavy atom. The number of rotatable bonds is 5. The van der Waals surface area contributed by atoms with Crippen LogP contribution >= 0.6 is 11.8 Å². The third-order valence-electron chi connectivity index (χ3n) is 4.95. The number of hydrogen-bond acceptors (Lipinski definition) is 7. The number of carbonyl (C=O) groups excluding carboxylic acids is 2. The first-order valence-corrected chi connectivity index (χ1v) is 10.2. The number of thioether (sulfide) groups is 1. The zero-order valence-electron chi connectivity index (χ0n) is 16.0. The Hall–Kier alpha value is -3.04. The number of nitrogens with two attached hydrogens (primary N) is 1. The average Bonchev–Trinajstić information content (AvgIpc) is 3.28. The summed E-state index contributed by atoms with van der Waals surface area (Å²) in [5.41, 5.74) is 6.62. The van der Waals surface area contributed by atoms with Gasteiger partial charge in [0.2, 0.25) is 5.91 Å². The van der Waals surface area contributed by atoms with Gasteiger partial charge in [0.1, 0.15) is 30.3 Å². The molecule has 30 heavy (non-hydrogen) atoms. The molecule has 2 aliphatic rings. The van der Waals surface area contributed by atoms with Crippen molar-refractivity contribution in [2.75, 3.05) is 22.6 Å². The first kappa shape index (κ1) is 20.2. The molecule has 0 radical (unpaired) electrons. The molecule has 3 N–H and O–H groups in total. The Labute approximate surface area is 175 Å². The van der Waals surface area contributed by atoms with E-state index in [-0.39, 0.29) is 16.6 Å². The van der Waals surface area contributed by atoms with E-state index in [2.05, 4.69) is 10.3 Å². The second-order valence-electron chi connectivity index (χ2n) is 6.93. The molecule has 1 aromatic heterocycles. The maximum atomic E-state index is 13.5. The van der Waals surface area contributed by atoms with Crippen LogP contribution in [0.25, 0.3) is 11.4 Å². The molecule has 4 rings (SSSR count). The van der Waals surface area contributed by atoms with Crippen LogP contribution in [-0.2, 0) is 16.1 Å². The number of primary amides is 1. The lowest BCUT2D eigenvalue weighted by molar-refractivity contribution is -0.118. The highest BCUT2D eigenvalue weighted by atomic mass is 32.2. The zero-order valence-corrected chi connectivity index (χ0v) is 16.8. The van der Waals surface area contributed by atoms with Gasteiger partial charge in [0.25, 0.3) is 6.43 Å². The monoisotopic (exact) mass is 435 g/mol. The molecule has 3 heterocycles. The number of imidazole rings is 1. The van der Waals surface area contributed by atoms with Crippen molar-refractivity contribution in [3.63, 3.8) is 0 Å². The van der Waals surface area contributed by atoms with Crippen molar-refractivity contribution in [1.82, 2.24) is 9.55 Å². The fourth-order valence-corrected chi connectivity index (χ4v) is 4.44. The Bertz CT molecular complexity index is 1040. The van der Waals surface area contributed by atoms with E-state index in [1.54, 1.807) is 37.3 Å². The topological polar surface area (TPSA) is 102 Å². The van der Waals surface area contributed by atoms with Gasteiger partial charge in [-0.2, -0.15) is 0 Å². The van der Waals surface area contributed by atoms with E-state index >= 15 is 0 Å². The molecule has 2 aliphatic heterocycles. The van der Waals surface area contributed by atoms with Gasteiger partial charge in [-0.3, -0.25) is 4.79 Å². The molecule has 0 bridgehead atoms. The lowest BCUT2D eigenvalue weighted by Gasteiger charge is -2.22. The SMILES string of the molecule is C[C@H](Nc1ccc2c(c1)OCCn1cc(N3C(=C=O)SC[C@H]3C(F)F)nc1-2)C(N)=O. The summed E-state index contributed by atoms with van der Waals surface area (Å²) >= 11 is 1.05. The Kier molecular flexibility index (Phi) is 5.40. The summed E-state index contributed by atoms with van der Waals surface area (Å²) in [6.07, 6.45) is -0.977. The molecule has 0 spiro atoms. The molecule has 2 aromatic rings. The van der Waals surface area contributed by atoms with E-state index in [9.17, 15) is 18.4 Å². The van der Waals surface area contributed by atoms with E-state index in [1.165, 1.54) is 4.90 Å². The maximum absolute atomic E-state index is 13.5. The second-order valence-corrected chi connectivity index (χ2v) is 7.94. The molecule has 158 valence electrons. The average molecular weight is 435 g/mol. The van der Waals surface area contributed by atoms with E-state index in [4.69, 9.17) is 10.5 Å². The minimum Gasteiger partial charge on any atom is -0.491 e. The molecule has 0 aliphatic carbocycles. The van der Waals surface area contributed by atoms with Gasteiger partial charge in [0, 0.05) is 23.7 Å². The summed E-state index contributed by atoms with van der Waals surface area (Å²) in [5.74, 6) is 2.72. The number of benzene rings is 1. The number of nitrogens with zero attached hydrogens (tertiary/aromatic N) is 3. The minimum atomic E-state index is -2.62. The smallest absolute Gasteiger partial charge is 0.259 e. The highest BCUT2D eigenvalue weighted by Gasteiger charge is 2.39. The quantitative estimate of drug-likeness (QED) is 0.694. The first-order chi connectivity index (χ1) is 14.4. The number of hydrogen-bond donors (Lipinski definition) is 2. The van der Waals surface area contributed by atoms with Crippen LogP contribution in [0.2, 0.25) is 0 Å². The van der Waals surface area contributed by atoms with Gasteiger partial charge in [-0.25, -0.2) is 18.6 Å². The fourth-order valence-electron chi connectivity index (χ4n) is 3.39. The van der Waals surface area contributed by atoms with E-state index in [0.29, 0.717) is 36.0 Å². The standard InChI is InChI=1S/C19H19F2N5O3S/c1-10(18(22)28)23-11-2-3-12-14(6-11)29-5-4-25-7-15(24-19(12)25)26-13(17(20)21)9-30-16(26)8-27/h2-3,6-7,10,13,17,23H,4-5,9H2,1H3,(H2,22,28)/t10-,13-/m0/s1. The number of anilines is 2. The van der Waals surface area contributed by atoms with Crippen LogP contribution in [0, 0.1) is 0 Å². The summed E-state index contributed by atoms with van der Waals surface area (Å²) in [6, 6.07) is 3.58. The van der Waals surface area contributed by atoms with Crippen molar-refractivity contribution < 1.29 is 23.1 Å². The lowest BCUT2D eigenvalue weighted by Crippen LogP contribution is -2.36. The molecule has 1 fully saturated rings. The van der Waals surface area contributed by atoms with E-state index < -0.39 is 24.4 Å². The highest BCUT2D eigenvalue weighted by Crippen LogP contribution is 2.40. The fraction of sp³-hybridized carbons (Fsp3) is 0.368. The van der Waals surface area contributed by atoms with Crippen LogP contribution in [0.1, 0.15) is 6.92 Å². The van der Waals surface area contributed by atoms with Crippen LogP contribution < -0.4 is 20.7 Å². The van der Waals surface area contributed by atoms with Gasteiger partial charge in [-0.15, -0.1) is 0 Å². The number of alkyl halides is 2. The molecule has 1 saturated heterocycles. The van der Waals surface area contributed by atoms with Gasteiger partial charge in [-0.1, -0.05) is 11.8 Å². The van der Waals surface area contributed by atoms with Crippen molar-refractivity contribution in [1.29, 1.82) is 0 Å². The van der Waals surface area contributed by atoms with Crippen LogP contribution in [0.4, 0.5) is 20.3 Å². The Morgan fingerprint density at radius 1 is 1.47 bits per heavy atom. The number of nitrogens with one attached hydrogen (secondary N) is 1. The largest absolute Gasteiger partial charge is 0.491 e. The summed E-state index contributed by atoms with van der Waals surface area (Å²) in [7, 11) is 0. The van der Waals surface area contributed by atoms with Crippen molar-refractivity contribution in [2.24, 2.45) is 5.73 Å². The Balaban J connectivity index is 1.71. The molecule has 1 aromatic carbocycles. The molecule has 0 saturated carbocycles. The second kappa shape index (κ2) is 8.00. The van der Waals surface area contributed by atoms with Crippen LogP contribution in [0.3, 0.4) is 0 Å². The van der Waals surface area contributed by atoms with E-state index in [0.717, 1.165) is 11.8 Å². The molecule has 2 atom stereocenters. The van der Waals surface area contributed by atoms with E-state index in [1.807, 2.05) is 4.57 Å². The van der Waals surface area contributed by atoms with Crippen LogP contribution in [0.15, 0.2) is 29.4 Å². The third-order valence-corrected chi connectivity index (χ3v) is 6.01. The Morgan fingerprint density at radius 2 is 2.27 bits per heavy atom. The van der Waals surface area contributed by atoms with Gasteiger partial charge >= 0.3 is 0 Å². The van der Waals surface area contributed by atoms with Crippen molar-refractivity contribution >= 4 is 35.1 Å². The summed E-state index contributed by atoms with van der Waals surface area (Å²) in [4.78, 5) is 28.4. The summed E-state index contributed by atoms with van der Waals surface area (Å²) in [5, 5.41) is 3.10. The molecule has 1 amide bonds. The highest BCUT2D eigenvalue weighted by molar-refractivity contribution is 8.03. The van der Waals surface area contributed by atoms with Gasteiger partial charge in [-0.05, 0) is 19.1 Å². The van der Waals surface area contributed by atoms with Crippen LogP contribution in [-0.4, -0.2) is 52.3 Å². The van der Waals surface area contributed by atoms with Gasteiger partial charge in [0.15, 0.2) is 16.8 Å². The normalized spacial score (nSPS) is 18.9. The number of halogens is 2.